The average Bonchev–Trinajstić information content (AvgIpc) is 3.35. The lowest BCUT2D eigenvalue weighted by molar-refractivity contribution is -0.132. The molecule has 5 nitrogen and oxygen atoms in total. The van der Waals surface area contributed by atoms with Crippen LogP contribution in [0.15, 0.2) is 54.9 Å². The molecule has 0 unspecified atom stereocenters. The van der Waals surface area contributed by atoms with Gasteiger partial charge < -0.3 is 9.80 Å². The lowest BCUT2D eigenvalue weighted by Gasteiger charge is -2.35. The Hall–Kier alpha value is -3.02. The standard InChI is InChI=1S/C23H23FN4O/c24-17-9-10-22(26-13-17)27-14-19-12-18(27)15-28(19)23(29)8-2-5-16-4-1-7-21-20(16)6-3-11-25-21/h1,3-4,6-7,9-11,13,18-19H,2,5,8,12,14-15H2/t18-,19-/m1/s1. The summed E-state index contributed by atoms with van der Waals surface area (Å²) in [6.45, 7) is 1.52. The summed E-state index contributed by atoms with van der Waals surface area (Å²) in [6, 6.07) is 13.9. The van der Waals surface area contributed by atoms with Crippen molar-refractivity contribution in [2.45, 2.75) is 37.8 Å². The van der Waals surface area contributed by atoms with Crippen molar-refractivity contribution < 1.29 is 9.18 Å². The van der Waals surface area contributed by atoms with Crippen molar-refractivity contribution in [1.82, 2.24) is 14.9 Å². The van der Waals surface area contributed by atoms with E-state index in [9.17, 15) is 9.18 Å². The van der Waals surface area contributed by atoms with Gasteiger partial charge in [0.05, 0.1) is 23.8 Å². The van der Waals surface area contributed by atoms with Crippen LogP contribution >= 0.6 is 0 Å². The van der Waals surface area contributed by atoms with E-state index < -0.39 is 0 Å². The van der Waals surface area contributed by atoms with Gasteiger partial charge in [0, 0.05) is 31.1 Å². The normalized spacial score (nSPS) is 20.6. The van der Waals surface area contributed by atoms with Crippen molar-refractivity contribution in [2.24, 2.45) is 0 Å². The second-order valence-corrected chi connectivity index (χ2v) is 7.92. The zero-order valence-electron chi connectivity index (χ0n) is 16.2. The van der Waals surface area contributed by atoms with Crippen LogP contribution in [0.2, 0.25) is 0 Å². The van der Waals surface area contributed by atoms with Crippen LogP contribution in [0.3, 0.4) is 0 Å². The molecule has 2 atom stereocenters. The number of nitrogens with zero attached hydrogens (tertiary/aromatic N) is 4. The number of benzene rings is 1. The predicted molar refractivity (Wildman–Crippen MR) is 110 cm³/mol. The molecule has 1 aromatic carbocycles. The monoisotopic (exact) mass is 390 g/mol. The third kappa shape index (κ3) is 3.43. The van der Waals surface area contributed by atoms with Gasteiger partial charge in [-0.25, -0.2) is 9.37 Å². The summed E-state index contributed by atoms with van der Waals surface area (Å²) in [7, 11) is 0. The van der Waals surface area contributed by atoms with E-state index in [1.807, 2.05) is 29.3 Å². The van der Waals surface area contributed by atoms with E-state index in [-0.39, 0.29) is 23.8 Å². The number of anilines is 1. The van der Waals surface area contributed by atoms with Crippen LogP contribution in [0.5, 0.6) is 0 Å². The van der Waals surface area contributed by atoms with E-state index in [0.717, 1.165) is 43.7 Å². The van der Waals surface area contributed by atoms with E-state index in [1.54, 1.807) is 6.07 Å². The third-order valence-electron chi connectivity index (χ3n) is 6.14. The SMILES string of the molecule is O=C(CCCc1cccc2ncccc12)N1C[C@H]2C[C@@H]1CN2c1ccc(F)cn1. The maximum atomic E-state index is 13.1. The molecule has 5 rings (SSSR count). The second-order valence-electron chi connectivity index (χ2n) is 7.92. The lowest BCUT2D eigenvalue weighted by atomic mass is 10.0. The molecule has 0 saturated carbocycles. The fraction of sp³-hybridized carbons (Fsp3) is 0.348. The van der Waals surface area contributed by atoms with Gasteiger partial charge in [0.15, 0.2) is 0 Å². The van der Waals surface area contributed by atoms with Crippen LogP contribution < -0.4 is 4.90 Å². The Kier molecular flexibility index (Phi) is 4.62. The van der Waals surface area contributed by atoms with E-state index >= 15 is 0 Å². The predicted octanol–water partition coefficient (Wildman–Crippen LogP) is 3.58. The van der Waals surface area contributed by atoms with Gasteiger partial charge in [0.25, 0.3) is 0 Å². The van der Waals surface area contributed by atoms with Gasteiger partial charge in [0.1, 0.15) is 11.6 Å². The summed E-state index contributed by atoms with van der Waals surface area (Å²) in [5, 5.41) is 1.17. The van der Waals surface area contributed by atoms with Crippen molar-refractivity contribution in [2.75, 3.05) is 18.0 Å². The highest BCUT2D eigenvalue weighted by molar-refractivity contribution is 5.82. The summed E-state index contributed by atoms with van der Waals surface area (Å²) >= 11 is 0. The molecule has 2 aliphatic heterocycles. The number of hydrogen-bond donors (Lipinski definition) is 0. The fourth-order valence-corrected chi connectivity index (χ4v) is 4.75. The molecule has 4 heterocycles. The molecule has 148 valence electrons. The van der Waals surface area contributed by atoms with Crippen molar-refractivity contribution in [3.05, 3.63) is 66.2 Å². The van der Waals surface area contributed by atoms with E-state index in [4.69, 9.17) is 0 Å². The van der Waals surface area contributed by atoms with Crippen LogP contribution in [-0.4, -0.2) is 45.9 Å². The van der Waals surface area contributed by atoms with Gasteiger partial charge in [-0.2, -0.15) is 0 Å². The molecule has 3 aromatic rings. The average molecular weight is 390 g/mol. The highest BCUT2D eigenvalue weighted by Gasteiger charge is 2.45. The van der Waals surface area contributed by atoms with Crippen LogP contribution in [0.25, 0.3) is 10.9 Å². The van der Waals surface area contributed by atoms with Crippen LogP contribution in [-0.2, 0) is 11.2 Å². The summed E-state index contributed by atoms with van der Waals surface area (Å²) < 4.78 is 13.1. The largest absolute Gasteiger partial charge is 0.350 e. The molecule has 0 spiro atoms. The molecular weight excluding hydrogens is 367 g/mol. The highest BCUT2D eigenvalue weighted by atomic mass is 19.1. The van der Waals surface area contributed by atoms with Gasteiger partial charge in [-0.05, 0) is 49.1 Å². The number of likely N-dealkylation sites (tertiary alicyclic amines) is 1. The van der Waals surface area contributed by atoms with Gasteiger partial charge in [-0.15, -0.1) is 0 Å². The van der Waals surface area contributed by atoms with Crippen molar-refractivity contribution >= 4 is 22.6 Å². The summed E-state index contributed by atoms with van der Waals surface area (Å²) in [6.07, 6.45) is 6.32. The number of aryl methyl sites for hydroxylation is 1. The Labute approximate surface area is 169 Å². The molecule has 0 N–H and O–H groups in total. The van der Waals surface area contributed by atoms with Gasteiger partial charge in [-0.1, -0.05) is 18.2 Å². The Morgan fingerprint density at radius 2 is 2.00 bits per heavy atom. The van der Waals surface area contributed by atoms with Crippen LogP contribution in [0.1, 0.15) is 24.8 Å². The lowest BCUT2D eigenvalue weighted by Crippen LogP contribution is -2.49. The molecule has 6 heteroatoms. The fourth-order valence-electron chi connectivity index (χ4n) is 4.75. The summed E-state index contributed by atoms with van der Waals surface area (Å²) in [4.78, 5) is 25.7. The summed E-state index contributed by atoms with van der Waals surface area (Å²) in [5.41, 5.74) is 2.25. The number of hydrogen-bond acceptors (Lipinski definition) is 4. The molecule has 0 radical (unpaired) electrons. The molecule has 2 aliphatic rings. The quantitative estimate of drug-likeness (QED) is 0.668. The number of amides is 1. The van der Waals surface area contributed by atoms with Gasteiger partial charge >= 0.3 is 0 Å². The van der Waals surface area contributed by atoms with Gasteiger partial charge in [0.2, 0.25) is 5.91 Å². The van der Waals surface area contributed by atoms with Crippen molar-refractivity contribution in [3.63, 3.8) is 0 Å². The molecule has 2 saturated heterocycles. The number of carbonyl (C=O) groups excluding carboxylic acids is 1. The second kappa shape index (κ2) is 7.43. The zero-order valence-corrected chi connectivity index (χ0v) is 16.2. The van der Waals surface area contributed by atoms with Gasteiger partial charge in [-0.3, -0.25) is 9.78 Å². The number of rotatable bonds is 5. The number of halogens is 1. The highest BCUT2D eigenvalue weighted by Crippen LogP contribution is 2.34. The first-order valence-electron chi connectivity index (χ1n) is 10.2. The third-order valence-corrected chi connectivity index (χ3v) is 6.14. The maximum absolute atomic E-state index is 13.1. The molecule has 2 bridgehead atoms. The first-order valence-corrected chi connectivity index (χ1v) is 10.2. The molecule has 0 aliphatic carbocycles. The van der Waals surface area contributed by atoms with E-state index in [0.29, 0.717) is 6.42 Å². The van der Waals surface area contributed by atoms with Crippen molar-refractivity contribution in [1.29, 1.82) is 0 Å². The molecular formula is C23H23FN4O. The molecule has 29 heavy (non-hydrogen) atoms. The van der Waals surface area contributed by atoms with E-state index in [1.165, 1.54) is 23.2 Å². The number of fused-ring (bicyclic) bond motifs is 3. The first-order chi connectivity index (χ1) is 14.2. The molecule has 2 aromatic heterocycles. The Morgan fingerprint density at radius 3 is 2.79 bits per heavy atom. The number of aromatic nitrogens is 2. The number of carbonyl (C=O) groups is 1. The van der Waals surface area contributed by atoms with Crippen LogP contribution in [0.4, 0.5) is 10.2 Å². The topological polar surface area (TPSA) is 49.3 Å². The molecule has 2 fully saturated rings. The van der Waals surface area contributed by atoms with E-state index in [2.05, 4.69) is 27.0 Å². The maximum Gasteiger partial charge on any atom is 0.222 e. The molecule has 1 amide bonds. The van der Waals surface area contributed by atoms with Crippen LogP contribution in [0, 0.1) is 5.82 Å². The minimum absolute atomic E-state index is 0.237. The number of piperazine rings is 1. The van der Waals surface area contributed by atoms with Crippen molar-refractivity contribution in [3.8, 4) is 0 Å². The number of pyridine rings is 2. The Morgan fingerprint density at radius 1 is 1.07 bits per heavy atom. The minimum Gasteiger partial charge on any atom is -0.350 e. The zero-order chi connectivity index (χ0) is 19.8. The Balaban J connectivity index is 1.17. The smallest absolute Gasteiger partial charge is 0.222 e. The summed E-state index contributed by atoms with van der Waals surface area (Å²) in [5.74, 6) is 0.718. The Bertz CT molecular complexity index is 1030. The minimum atomic E-state index is -0.322. The first kappa shape index (κ1) is 18.0.